The Kier molecular flexibility index (Phi) is 6.95. The molecule has 1 N–H and O–H groups in total. The summed E-state index contributed by atoms with van der Waals surface area (Å²) in [6.07, 6.45) is -0.352. The van der Waals surface area contributed by atoms with Crippen LogP contribution in [0.2, 0.25) is 0 Å². The molecule has 28 heavy (non-hydrogen) atoms. The number of methoxy groups -OCH3 is 1. The van der Waals surface area contributed by atoms with E-state index in [4.69, 9.17) is 14.6 Å². The maximum Gasteiger partial charge on any atom is 0.490 e. The van der Waals surface area contributed by atoms with Crippen molar-refractivity contribution in [2.75, 3.05) is 20.3 Å². The number of pyridine rings is 1. The molecule has 8 nitrogen and oxygen atoms in total. The molecular formula is C17H20F3N3O5. The third-order valence-corrected chi connectivity index (χ3v) is 4.55. The number of hydrogen-bond acceptors (Lipinski definition) is 5. The van der Waals surface area contributed by atoms with Crippen molar-refractivity contribution < 1.29 is 37.4 Å². The van der Waals surface area contributed by atoms with Crippen LogP contribution in [0.25, 0.3) is 0 Å². The molecule has 0 unspecified atom stereocenters. The summed E-state index contributed by atoms with van der Waals surface area (Å²) in [6, 6.07) is 3.97. The highest BCUT2D eigenvalue weighted by Gasteiger charge is 2.48. The Morgan fingerprint density at radius 2 is 1.89 bits per heavy atom. The Labute approximate surface area is 158 Å². The smallest absolute Gasteiger partial charge is 0.475 e. The number of nitrogens with zero attached hydrogens (tertiary/aromatic N) is 3. The van der Waals surface area contributed by atoms with E-state index in [1.54, 1.807) is 17.3 Å². The van der Waals surface area contributed by atoms with E-state index in [-0.39, 0.29) is 30.5 Å². The monoisotopic (exact) mass is 403 g/mol. The summed E-state index contributed by atoms with van der Waals surface area (Å²) in [5.74, 6) is -2.66. The maximum absolute atomic E-state index is 12.3. The van der Waals surface area contributed by atoms with Gasteiger partial charge in [0.1, 0.15) is 6.61 Å². The lowest BCUT2D eigenvalue weighted by Crippen LogP contribution is -2.41. The highest BCUT2D eigenvalue weighted by Crippen LogP contribution is 2.33. The number of alkyl halides is 3. The van der Waals surface area contributed by atoms with Crippen molar-refractivity contribution in [3.63, 3.8) is 0 Å². The van der Waals surface area contributed by atoms with Gasteiger partial charge in [0.2, 0.25) is 11.8 Å². The fourth-order valence-corrected chi connectivity index (χ4v) is 3.33. The lowest BCUT2D eigenvalue weighted by atomic mass is 10.1. The molecule has 1 aromatic rings. The minimum Gasteiger partial charge on any atom is -0.475 e. The van der Waals surface area contributed by atoms with E-state index in [1.807, 2.05) is 17.0 Å². The van der Waals surface area contributed by atoms with Crippen LogP contribution in [0.3, 0.4) is 0 Å². The number of fused-ring (bicyclic) bond motifs is 1. The molecular weight excluding hydrogens is 383 g/mol. The van der Waals surface area contributed by atoms with Gasteiger partial charge in [-0.1, -0.05) is 0 Å². The highest BCUT2D eigenvalue weighted by molar-refractivity contribution is 5.84. The largest absolute Gasteiger partial charge is 0.490 e. The Morgan fingerprint density at radius 1 is 1.29 bits per heavy atom. The molecule has 154 valence electrons. The zero-order valence-electron chi connectivity index (χ0n) is 15.1. The Hall–Kier alpha value is -2.69. The van der Waals surface area contributed by atoms with Crippen molar-refractivity contribution >= 4 is 17.8 Å². The summed E-state index contributed by atoms with van der Waals surface area (Å²) in [5, 5.41) is 7.12. The molecule has 2 aliphatic rings. The van der Waals surface area contributed by atoms with Gasteiger partial charge in [-0.05, 0) is 24.1 Å². The number of rotatable bonds is 4. The Balaban J connectivity index is 0.000000345. The van der Waals surface area contributed by atoms with Gasteiger partial charge in [0.05, 0.1) is 12.1 Å². The normalized spacial score (nSPS) is 21.2. The average Bonchev–Trinajstić information content (AvgIpc) is 3.16. The number of amides is 2. The van der Waals surface area contributed by atoms with Crippen LogP contribution in [0.4, 0.5) is 13.2 Å². The number of aromatic nitrogens is 1. The van der Waals surface area contributed by atoms with Crippen molar-refractivity contribution in [2.24, 2.45) is 0 Å². The van der Waals surface area contributed by atoms with Crippen molar-refractivity contribution in [1.82, 2.24) is 14.8 Å². The third-order valence-electron chi connectivity index (χ3n) is 4.55. The van der Waals surface area contributed by atoms with Gasteiger partial charge in [0.15, 0.2) is 0 Å². The van der Waals surface area contributed by atoms with Gasteiger partial charge in [-0.25, -0.2) is 4.79 Å². The van der Waals surface area contributed by atoms with Gasteiger partial charge < -0.3 is 19.6 Å². The van der Waals surface area contributed by atoms with Crippen LogP contribution in [0.1, 0.15) is 18.4 Å². The second-order valence-corrected chi connectivity index (χ2v) is 6.33. The molecule has 3 rings (SSSR count). The summed E-state index contributed by atoms with van der Waals surface area (Å²) < 4.78 is 36.7. The van der Waals surface area contributed by atoms with E-state index in [0.717, 1.165) is 12.0 Å². The van der Waals surface area contributed by atoms with Gasteiger partial charge in [-0.3, -0.25) is 14.6 Å². The van der Waals surface area contributed by atoms with Crippen LogP contribution in [0.15, 0.2) is 24.5 Å². The maximum atomic E-state index is 12.3. The van der Waals surface area contributed by atoms with Crippen LogP contribution >= 0.6 is 0 Å². The molecule has 2 atom stereocenters. The number of ether oxygens (including phenoxy) is 1. The Bertz CT molecular complexity index is 714. The SMILES string of the molecule is COCC(=O)N1CC[C@H]2[C@H]1CC(=O)N2Cc1ccncc1.O=C(O)C(F)(F)F. The van der Waals surface area contributed by atoms with Crippen molar-refractivity contribution in [3.05, 3.63) is 30.1 Å². The standard InChI is InChI=1S/C15H19N3O3.C2HF3O2/c1-21-10-15(20)17-7-4-12-13(17)8-14(19)18(12)9-11-2-5-16-6-3-11;3-2(4,5)1(6)7/h2-3,5-6,12-13H,4,7-10H2,1H3;(H,6,7)/t12-,13+;/m0./s1. The predicted octanol–water partition coefficient (Wildman–Crippen LogP) is 1.06. The summed E-state index contributed by atoms with van der Waals surface area (Å²) in [4.78, 5) is 40.9. The van der Waals surface area contributed by atoms with Crippen LogP contribution in [-0.2, 0) is 25.7 Å². The van der Waals surface area contributed by atoms with Crippen molar-refractivity contribution in [2.45, 2.75) is 37.6 Å². The molecule has 2 aliphatic heterocycles. The van der Waals surface area contributed by atoms with E-state index < -0.39 is 12.1 Å². The average molecular weight is 403 g/mol. The molecule has 0 aromatic carbocycles. The number of likely N-dealkylation sites (tertiary alicyclic amines) is 2. The molecule has 0 saturated carbocycles. The number of aliphatic carboxylic acids is 1. The lowest BCUT2D eigenvalue weighted by Gasteiger charge is -2.25. The van der Waals surface area contributed by atoms with E-state index in [1.165, 1.54) is 7.11 Å². The first kappa shape index (κ1) is 21.6. The van der Waals surface area contributed by atoms with Gasteiger partial charge in [-0.2, -0.15) is 13.2 Å². The zero-order chi connectivity index (χ0) is 20.9. The van der Waals surface area contributed by atoms with Crippen molar-refractivity contribution in [3.8, 4) is 0 Å². The minimum atomic E-state index is -5.08. The molecule has 3 heterocycles. The van der Waals surface area contributed by atoms with Gasteiger partial charge >= 0.3 is 12.1 Å². The zero-order valence-corrected chi connectivity index (χ0v) is 15.1. The van der Waals surface area contributed by atoms with E-state index in [0.29, 0.717) is 19.5 Å². The fourth-order valence-electron chi connectivity index (χ4n) is 3.33. The van der Waals surface area contributed by atoms with Gasteiger partial charge in [0.25, 0.3) is 0 Å². The van der Waals surface area contributed by atoms with Crippen LogP contribution in [-0.4, -0.2) is 76.2 Å². The number of carboxylic acid groups (broad SMARTS) is 1. The summed E-state index contributed by atoms with van der Waals surface area (Å²) >= 11 is 0. The third kappa shape index (κ3) is 5.18. The van der Waals surface area contributed by atoms with Crippen LogP contribution in [0.5, 0.6) is 0 Å². The molecule has 2 saturated heterocycles. The van der Waals surface area contributed by atoms with E-state index >= 15 is 0 Å². The van der Waals surface area contributed by atoms with Crippen LogP contribution in [0, 0.1) is 0 Å². The van der Waals surface area contributed by atoms with Crippen molar-refractivity contribution in [1.29, 1.82) is 0 Å². The topological polar surface area (TPSA) is 100 Å². The summed E-state index contributed by atoms with van der Waals surface area (Å²) in [6.45, 7) is 1.38. The predicted molar refractivity (Wildman–Crippen MR) is 88.9 cm³/mol. The fraction of sp³-hybridized carbons (Fsp3) is 0.529. The second-order valence-electron chi connectivity index (χ2n) is 6.33. The van der Waals surface area contributed by atoms with Gasteiger partial charge in [-0.15, -0.1) is 0 Å². The minimum absolute atomic E-state index is 0.00184. The highest BCUT2D eigenvalue weighted by atomic mass is 19.4. The molecule has 2 amide bonds. The van der Waals surface area contributed by atoms with E-state index in [2.05, 4.69) is 4.98 Å². The summed E-state index contributed by atoms with van der Waals surface area (Å²) in [7, 11) is 1.51. The molecule has 11 heteroatoms. The molecule has 0 bridgehead atoms. The first-order valence-electron chi connectivity index (χ1n) is 8.42. The molecule has 0 radical (unpaired) electrons. The number of halogens is 3. The lowest BCUT2D eigenvalue weighted by molar-refractivity contribution is -0.192. The first-order chi connectivity index (χ1) is 13.1. The molecule has 0 spiro atoms. The van der Waals surface area contributed by atoms with E-state index in [9.17, 15) is 22.8 Å². The quantitative estimate of drug-likeness (QED) is 0.807. The first-order valence-corrected chi connectivity index (χ1v) is 8.42. The number of hydrogen-bond donors (Lipinski definition) is 1. The second kappa shape index (κ2) is 9.00. The Morgan fingerprint density at radius 3 is 2.43 bits per heavy atom. The number of carbonyl (C=O) groups is 3. The number of carbonyl (C=O) groups excluding carboxylic acids is 2. The number of carboxylic acids is 1. The van der Waals surface area contributed by atoms with Gasteiger partial charge in [0, 0.05) is 39.0 Å². The van der Waals surface area contributed by atoms with Crippen LogP contribution < -0.4 is 0 Å². The summed E-state index contributed by atoms with van der Waals surface area (Å²) in [5.41, 5.74) is 1.07. The molecule has 0 aliphatic carbocycles. The molecule has 2 fully saturated rings. The molecule has 1 aromatic heterocycles.